The van der Waals surface area contributed by atoms with Gasteiger partial charge >= 0.3 is 0 Å². The van der Waals surface area contributed by atoms with Gasteiger partial charge in [0.2, 0.25) is 0 Å². The quantitative estimate of drug-likeness (QED) is 0.744. The van der Waals surface area contributed by atoms with E-state index in [0.29, 0.717) is 5.41 Å². The molecule has 0 aromatic carbocycles. The molecule has 2 nitrogen and oxygen atoms in total. The summed E-state index contributed by atoms with van der Waals surface area (Å²) in [5.41, 5.74) is 0.525. The molecular weight excluding hydrogens is 222 g/mol. The van der Waals surface area contributed by atoms with Gasteiger partial charge in [0.25, 0.3) is 0 Å². The molecule has 106 valence electrons. The van der Waals surface area contributed by atoms with Gasteiger partial charge in [0, 0.05) is 19.2 Å². The van der Waals surface area contributed by atoms with E-state index < -0.39 is 0 Å². The highest BCUT2D eigenvalue weighted by molar-refractivity contribution is 4.90. The average Bonchev–Trinajstić information content (AvgIpc) is 2.63. The molecule has 2 unspecified atom stereocenters. The maximum absolute atomic E-state index is 5.84. The van der Waals surface area contributed by atoms with Crippen LogP contribution in [0.1, 0.15) is 60.3 Å². The number of nitrogens with zero attached hydrogens (tertiary/aromatic N) is 1. The van der Waals surface area contributed by atoms with E-state index in [1.807, 2.05) is 0 Å². The van der Waals surface area contributed by atoms with Crippen molar-refractivity contribution >= 4 is 0 Å². The Balaban J connectivity index is 1.92. The molecule has 0 aromatic rings. The first kappa shape index (κ1) is 14.3. The van der Waals surface area contributed by atoms with Crippen LogP contribution < -0.4 is 0 Å². The van der Waals surface area contributed by atoms with E-state index in [9.17, 15) is 0 Å². The zero-order valence-electron chi connectivity index (χ0n) is 13.0. The Morgan fingerprint density at radius 3 is 2.56 bits per heavy atom. The fraction of sp³-hybridized carbons (Fsp3) is 1.00. The minimum atomic E-state index is 0.0971. The maximum Gasteiger partial charge on any atom is 0.0629 e. The SMILES string of the molecule is CC1(C)CC(CN2CCCC2C(C)(C)C)CCO1. The second-order valence-electron chi connectivity index (χ2n) is 7.99. The fourth-order valence-electron chi connectivity index (χ4n) is 3.87. The van der Waals surface area contributed by atoms with Crippen LogP contribution in [-0.4, -0.2) is 36.2 Å². The van der Waals surface area contributed by atoms with Gasteiger partial charge in [-0.2, -0.15) is 0 Å². The summed E-state index contributed by atoms with van der Waals surface area (Å²) in [6, 6.07) is 0.781. The van der Waals surface area contributed by atoms with Gasteiger partial charge in [-0.1, -0.05) is 20.8 Å². The van der Waals surface area contributed by atoms with Crippen molar-refractivity contribution in [3.63, 3.8) is 0 Å². The Kier molecular flexibility index (Phi) is 4.08. The molecule has 0 aromatic heterocycles. The standard InChI is InChI=1S/C16H31NO/c1-15(2,3)14-7-6-9-17(14)12-13-8-10-18-16(4,5)11-13/h13-14H,6-12H2,1-5H3. The first-order valence-corrected chi connectivity index (χ1v) is 7.66. The highest BCUT2D eigenvalue weighted by Gasteiger charge is 2.37. The predicted molar refractivity (Wildman–Crippen MR) is 76.8 cm³/mol. The highest BCUT2D eigenvalue weighted by atomic mass is 16.5. The van der Waals surface area contributed by atoms with Crippen LogP contribution in [0, 0.1) is 11.3 Å². The van der Waals surface area contributed by atoms with E-state index in [0.717, 1.165) is 18.6 Å². The third kappa shape index (κ3) is 3.48. The smallest absolute Gasteiger partial charge is 0.0629 e. The molecule has 0 saturated carbocycles. The zero-order valence-corrected chi connectivity index (χ0v) is 13.0. The minimum Gasteiger partial charge on any atom is -0.376 e. The van der Waals surface area contributed by atoms with Crippen LogP contribution in [0.5, 0.6) is 0 Å². The van der Waals surface area contributed by atoms with Crippen LogP contribution in [-0.2, 0) is 4.74 Å². The molecule has 0 amide bonds. The summed E-state index contributed by atoms with van der Waals surface area (Å²) >= 11 is 0. The predicted octanol–water partition coefficient (Wildman–Crippen LogP) is 3.70. The van der Waals surface area contributed by atoms with Crippen molar-refractivity contribution in [1.29, 1.82) is 0 Å². The van der Waals surface area contributed by atoms with Crippen LogP contribution in [0.3, 0.4) is 0 Å². The second kappa shape index (κ2) is 5.13. The fourth-order valence-corrected chi connectivity index (χ4v) is 3.87. The number of hydrogen-bond donors (Lipinski definition) is 0. The Morgan fingerprint density at radius 1 is 1.22 bits per heavy atom. The van der Waals surface area contributed by atoms with Gasteiger partial charge in [-0.25, -0.2) is 0 Å². The Labute approximate surface area is 113 Å². The molecule has 0 aliphatic carbocycles. The highest BCUT2D eigenvalue weighted by Crippen LogP contribution is 2.35. The molecule has 0 radical (unpaired) electrons. The summed E-state index contributed by atoms with van der Waals surface area (Å²) in [5, 5.41) is 0. The van der Waals surface area contributed by atoms with Gasteiger partial charge in [0.1, 0.15) is 0 Å². The van der Waals surface area contributed by atoms with Crippen molar-refractivity contribution in [3.8, 4) is 0 Å². The van der Waals surface area contributed by atoms with Crippen molar-refractivity contribution < 1.29 is 4.74 Å². The van der Waals surface area contributed by atoms with Gasteiger partial charge in [-0.05, 0) is 57.4 Å². The lowest BCUT2D eigenvalue weighted by Crippen LogP contribution is -2.44. The van der Waals surface area contributed by atoms with Crippen LogP contribution in [0.4, 0.5) is 0 Å². The normalized spacial score (nSPS) is 33.8. The molecule has 2 aliphatic heterocycles. The maximum atomic E-state index is 5.84. The Morgan fingerprint density at radius 2 is 1.94 bits per heavy atom. The molecule has 18 heavy (non-hydrogen) atoms. The van der Waals surface area contributed by atoms with Crippen LogP contribution in [0.15, 0.2) is 0 Å². The molecule has 0 spiro atoms. The van der Waals surface area contributed by atoms with E-state index in [2.05, 4.69) is 39.5 Å². The molecule has 0 bridgehead atoms. The molecule has 2 atom stereocenters. The summed E-state index contributed by atoms with van der Waals surface area (Å²) in [6.07, 6.45) is 5.24. The first-order valence-electron chi connectivity index (χ1n) is 7.66. The topological polar surface area (TPSA) is 12.5 Å². The lowest BCUT2D eigenvalue weighted by Gasteiger charge is -2.41. The van der Waals surface area contributed by atoms with Crippen molar-refractivity contribution in [1.82, 2.24) is 4.90 Å². The number of rotatable bonds is 2. The largest absolute Gasteiger partial charge is 0.376 e. The average molecular weight is 253 g/mol. The van der Waals surface area contributed by atoms with Gasteiger partial charge in [0.05, 0.1) is 5.60 Å². The molecule has 2 heteroatoms. The van der Waals surface area contributed by atoms with Gasteiger partial charge in [0.15, 0.2) is 0 Å². The monoisotopic (exact) mass is 253 g/mol. The summed E-state index contributed by atoms with van der Waals surface area (Å²) in [7, 11) is 0. The summed E-state index contributed by atoms with van der Waals surface area (Å²) in [6.45, 7) is 15.2. The Hall–Kier alpha value is -0.0800. The molecule has 2 saturated heterocycles. The molecular formula is C16H31NO. The first-order chi connectivity index (χ1) is 8.28. The number of likely N-dealkylation sites (tertiary alicyclic amines) is 1. The van der Waals surface area contributed by atoms with E-state index in [4.69, 9.17) is 4.74 Å². The van der Waals surface area contributed by atoms with Gasteiger partial charge in [-0.15, -0.1) is 0 Å². The van der Waals surface area contributed by atoms with E-state index in [-0.39, 0.29) is 5.60 Å². The molecule has 2 aliphatic rings. The number of hydrogen-bond acceptors (Lipinski definition) is 2. The van der Waals surface area contributed by atoms with E-state index in [1.54, 1.807) is 0 Å². The third-order valence-electron chi connectivity index (χ3n) is 4.66. The van der Waals surface area contributed by atoms with E-state index >= 15 is 0 Å². The van der Waals surface area contributed by atoms with Gasteiger partial charge in [-0.3, -0.25) is 4.90 Å². The van der Waals surface area contributed by atoms with Crippen molar-refractivity contribution in [2.75, 3.05) is 19.7 Å². The minimum absolute atomic E-state index is 0.0971. The summed E-state index contributed by atoms with van der Waals surface area (Å²) in [4.78, 5) is 2.76. The van der Waals surface area contributed by atoms with Crippen molar-refractivity contribution in [2.45, 2.75) is 71.9 Å². The van der Waals surface area contributed by atoms with Gasteiger partial charge < -0.3 is 4.74 Å². The van der Waals surface area contributed by atoms with Crippen molar-refractivity contribution in [2.24, 2.45) is 11.3 Å². The summed E-state index contributed by atoms with van der Waals surface area (Å²) < 4.78 is 5.84. The van der Waals surface area contributed by atoms with E-state index in [1.165, 1.54) is 38.8 Å². The lowest BCUT2D eigenvalue weighted by molar-refractivity contribution is -0.0787. The zero-order chi connectivity index (χ0) is 13.4. The molecule has 2 rings (SSSR count). The van der Waals surface area contributed by atoms with Crippen LogP contribution >= 0.6 is 0 Å². The second-order valence-corrected chi connectivity index (χ2v) is 7.99. The third-order valence-corrected chi connectivity index (χ3v) is 4.66. The molecule has 2 heterocycles. The van der Waals surface area contributed by atoms with Crippen molar-refractivity contribution in [3.05, 3.63) is 0 Å². The molecule has 2 fully saturated rings. The lowest BCUT2D eigenvalue weighted by atomic mass is 9.83. The number of ether oxygens (including phenoxy) is 1. The van der Waals surface area contributed by atoms with Crippen LogP contribution in [0.25, 0.3) is 0 Å². The molecule has 0 N–H and O–H groups in total. The summed E-state index contributed by atoms with van der Waals surface area (Å²) in [5.74, 6) is 0.830. The van der Waals surface area contributed by atoms with Crippen LogP contribution in [0.2, 0.25) is 0 Å². The Bertz CT molecular complexity index is 279.